The smallest absolute Gasteiger partial charge is 0.197 e. The van der Waals surface area contributed by atoms with Crippen LogP contribution in [0.4, 0.5) is 0 Å². The molecule has 0 amide bonds. The topological polar surface area (TPSA) is 22.0 Å². The van der Waals surface area contributed by atoms with Gasteiger partial charge in [0, 0.05) is 18.2 Å². The third kappa shape index (κ3) is 1.72. The fourth-order valence-corrected chi connectivity index (χ4v) is 3.28. The standard InChI is InChI=1S/C13H9ClINO/c14-11-7-10(17)12(15)13-9-4-2-1-3-8(9)5-6-16(11)13/h1-4,7H,5-6H2. The SMILES string of the molecule is O=c1cc(Cl)n2c(c1I)-c1ccccc1CC2. The van der Waals surface area contributed by atoms with Gasteiger partial charge in [-0.1, -0.05) is 35.9 Å². The zero-order valence-corrected chi connectivity index (χ0v) is 11.8. The minimum Gasteiger partial charge on any atom is -0.330 e. The summed E-state index contributed by atoms with van der Waals surface area (Å²) in [5.41, 5.74) is 3.37. The lowest BCUT2D eigenvalue weighted by Crippen LogP contribution is -2.20. The molecule has 1 aromatic carbocycles. The summed E-state index contributed by atoms with van der Waals surface area (Å²) < 4.78 is 2.77. The summed E-state index contributed by atoms with van der Waals surface area (Å²) in [7, 11) is 0. The van der Waals surface area contributed by atoms with Gasteiger partial charge in [0.2, 0.25) is 0 Å². The maximum atomic E-state index is 11.8. The van der Waals surface area contributed by atoms with Gasteiger partial charge >= 0.3 is 0 Å². The number of pyridine rings is 1. The molecule has 1 aliphatic heterocycles. The lowest BCUT2D eigenvalue weighted by atomic mass is 9.97. The van der Waals surface area contributed by atoms with Crippen LogP contribution in [0.5, 0.6) is 0 Å². The molecule has 0 atom stereocenters. The summed E-state index contributed by atoms with van der Waals surface area (Å²) in [6.45, 7) is 0.835. The van der Waals surface area contributed by atoms with Crippen LogP contribution in [0.25, 0.3) is 11.3 Å². The molecule has 86 valence electrons. The minimum atomic E-state index is -0.00134. The van der Waals surface area contributed by atoms with Crippen LogP contribution in [0.2, 0.25) is 5.15 Å². The summed E-state index contributed by atoms with van der Waals surface area (Å²) in [5, 5.41) is 0.528. The molecule has 0 aliphatic carbocycles. The maximum absolute atomic E-state index is 11.8. The van der Waals surface area contributed by atoms with Crippen LogP contribution in [0.3, 0.4) is 0 Å². The van der Waals surface area contributed by atoms with Crippen molar-refractivity contribution in [3.05, 3.63) is 54.8 Å². The van der Waals surface area contributed by atoms with E-state index in [4.69, 9.17) is 11.6 Å². The third-order valence-electron chi connectivity index (χ3n) is 3.08. The minimum absolute atomic E-state index is 0.00134. The normalized spacial score (nSPS) is 13.1. The average molecular weight is 358 g/mol. The molecule has 0 radical (unpaired) electrons. The number of hydrogen-bond donors (Lipinski definition) is 0. The molecule has 0 spiro atoms. The number of aryl methyl sites for hydroxylation is 1. The molecule has 0 N–H and O–H groups in total. The van der Waals surface area contributed by atoms with E-state index >= 15 is 0 Å². The Morgan fingerprint density at radius 1 is 1.29 bits per heavy atom. The van der Waals surface area contributed by atoms with Gasteiger partial charge < -0.3 is 4.57 Å². The fourth-order valence-electron chi connectivity index (χ4n) is 2.28. The van der Waals surface area contributed by atoms with Crippen molar-refractivity contribution in [3.8, 4) is 11.3 Å². The van der Waals surface area contributed by atoms with Crippen LogP contribution >= 0.6 is 34.2 Å². The lowest BCUT2D eigenvalue weighted by Gasteiger charge is -2.24. The Bertz CT molecular complexity index is 663. The highest BCUT2D eigenvalue weighted by molar-refractivity contribution is 14.1. The number of benzene rings is 1. The first-order valence-electron chi connectivity index (χ1n) is 5.35. The van der Waals surface area contributed by atoms with E-state index < -0.39 is 0 Å². The van der Waals surface area contributed by atoms with Gasteiger partial charge in [0.1, 0.15) is 5.15 Å². The van der Waals surface area contributed by atoms with Gasteiger partial charge in [0.15, 0.2) is 5.43 Å². The zero-order valence-electron chi connectivity index (χ0n) is 8.91. The van der Waals surface area contributed by atoms with Crippen molar-refractivity contribution >= 4 is 34.2 Å². The number of fused-ring (bicyclic) bond motifs is 3. The first kappa shape index (κ1) is 11.3. The van der Waals surface area contributed by atoms with Crippen molar-refractivity contribution in [2.75, 3.05) is 0 Å². The van der Waals surface area contributed by atoms with Crippen molar-refractivity contribution in [2.24, 2.45) is 0 Å². The molecule has 2 aromatic rings. The molecule has 1 aromatic heterocycles. The van der Waals surface area contributed by atoms with E-state index in [9.17, 15) is 4.79 Å². The van der Waals surface area contributed by atoms with Crippen LogP contribution in [-0.4, -0.2) is 4.57 Å². The van der Waals surface area contributed by atoms with Crippen LogP contribution in [0, 0.1) is 3.57 Å². The molecule has 0 fully saturated rings. The molecule has 17 heavy (non-hydrogen) atoms. The van der Waals surface area contributed by atoms with E-state index in [-0.39, 0.29) is 5.43 Å². The number of aromatic nitrogens is 1. The van der Waals surface area contributed by atoms with Gasteiger partial charge in [-0.15, -0.1) is 0 Å². The molecule has 2 nitrogen and oxygen atoms in total. The van der Waals surface area contributed by atoms with Crippen molar-refractivity contribution in [1.29, 1.82) is 0 Å². The first-order valence-corrected chi connectivity index (χ1v) is 6.81. The first-order chi connectivity index (χ1) is 8.18. The second-order valence-corrected chi connectivity index (χ2v) is 5.52. The van der Waals surface area contributed by atoms with E-state index in [1.165, 1.54) is 11.6 Å². The fraction of sp³-hybridized carbons (Fsp3) is 0.154. The molecule has 3 rings (SSSR count). The molecule has 0 unspecified atom stereocenters. The highest BCUT2D eigenvalue weighted by Crippen LogP contribution is 2.33. The third-order valence-corrected chi connectivity index (χ3v) is 4.44. The van der Waals surface area contributed by atoms with Crippen LogP contribution in [0.1, 0.15) is 5.56 Å². The lowest BCUT2D eigenvalue weighted by molar-refractivity contribution is 0.677. The van der Waals surface area contributed by atoms with Crippen molar-refractivity contribution in [3.63, 3.8) is 0 Å². The van der Waals surface area contributed by atoms with Gasteiger partial charge in [-0.2, -0.15) is 0 Å². The van der Waals surface area contributed by atoms with Gasteiger partial charge in [-0.25, -0.2) is 0 Å². The highest BCUT2D eigenvalue weighted by Gasteiger charge is 2.20. The molecule has 2 heterocycles. The highest BCUT2D eigenvalue weighted by atomic mass is 127. The molecule has 1 aliphatic rings. The van der Waals surface area contributed by atoms with E-state index in [1.54, 1.807) is 0 Å². The number of nitrogens with zero attached hydrogens (tertiary/aromatic N) is 1. The van der Waals surface area contributed by atoms with Gasteiger partial charge in [-0.05, 0) is 34.6 Å². The molecular formula is C13H9ClINO. The van der Waals surface area contributed by atoms with E-state index in [2.05, 4.69) is 34.7 Å². The van der Waals surface area contributed by atoms with E-state index in [0.29, 0.717) is 5.15 Å². The molecular weight excluding hydrogens is 349 g/mol. The number of rotatable bonds is 0. The van der Waals surface area contributed by atoms with Crippen LogP contribution in [0.15, 0.2) is 35.1 Å². The summed E-state index contributed by atoms with van der Waals surface area (Å²) >= 11 is 8.25. The van der Waals surface area contributed by atoms with Crippen molar-refractivity contribution in [1.82, 2.24) is 4.57 Å². The van der Waals surface area contributed by atoms with E-state index in [1.807, 2.05) is 16.7 Å². The Balaban J connectivity index is 2.42. The average Bonchev–Trinajstić information content (AvgIpc) is 2.35. The predicted molar refractivity (Wildman–Crippen MR) is 77.6 cm³/mol. The Labute approximate surface area is 117 Å². The second-order valence-electron chi connectivity index (χ2n) is 4.05. The van der Waals surface area contributed by atoms with Gasteiger partial charge in [-0.3, -0.25) is 4.79 Å². The molecule has 4 heteroatoms. The predicted octanol–water partition coefficient (Wildman–Crippen LogP) is 3.33. The van der Waals surface area contributed by atoms with Crippen molar-refractivity contribution in [2.45, 2.75) is 13.0 Å². The van der Waals surface area contributed by atoms with Crippen LogP contribution in [-0.2, 0) is 13.0 Å². The largest absolute Gasteiger partial charge is 0.330 e. The summed E-state index contributed by atoms with van der Waals surface area (Å²) in [6.07, 6.45) is 0.960. The summed E-state index contributed by atoms with van der Waals surface area (Å²) in [5.74, 6) is 0. The summed E-state index contributed by atoms with van der Waals surface area (Å²) in [6, 6.07) is 9.69. The Kier molecular flexibility index (Phi) is 2.75. The number of halogens is 2. The quantitative estimate of drug-likeness (QED) is 0.524. The van der Waals surface area contributed by atoms with Gasteiger partial charge in [0.25, 0.3) is 0 Å². The Hall–Kier alpha value is -0.810. The number of hydrogen-bond acceptors (Lipinski definition) is 1. The monoisotopic (exact) mass is 357 g/mol. The second kappa shape index (κ2) is 4.14. The Morgan fingerprint density at radius 2 is 2.06 bits per heavy atom. The zero-order chi connectivity index (χ0) is 12.0. The van der Waals surface area contributed by atoms with Crippen molar-refractivity contribution < 1.29 is 0 Å². The molecule has 0 saturated carbocycles. The molecule has 0 saturated heterocycles. The Morgan fingerprint density at radius 3 is 2.88 bits per heavy atom. The van der Waals surface area contributed by atoms with Gasteiger partial charge in [0.05, 0.1) is 9.26 Å². The van der Waals surface area contributed by atoms with Crippen LogP contribution < -0.4 is 5.43 Å². The van der Waals surface area contributed by atoms with E-state index in [0.717, 1.165) is 27.8 Å². The maximum Gasteiger partial charge on any atom is 0.197 e. The molecule has 0 bridgehead atoms. The summed E-state index contributed by atoms with van der Waals surface area (Å²) in [4.78, 5) is 11.8.